The second-order valence-electron chi connectivity index (χ2n) is 5.68. The number of rotatable bonds is 6. The average molecular weight is 353 g/mol. The third-order valence-corrected chi connectivity index (χ3v) is 4.04. The van der Waals surface area contributed by atoms with Crippen molar-refractivity contribution in [3.05, 3.63) is 70.3 Å². The van der Waals surface area contributed by atoms with E-state index in [1.165, 1.54) is 0 Å². The van der Waals surface area contributed by atoms with E-state index in [9.17, 15) is 9.59 Å². The molecule has 0 aliphatic heterocycles. The van der Waals surface area contributed by atoms with Crippen LogP contribution < -0.4 is 20.4 Å². The van der Waals surface area contributed by atoms with Crippen LogP contribution in [0.1, 0.15) is 16.1 Å². The van der Waals surface area contributed by atoms with Crippen molar-refractivity contribution in [2.24, 2.45) is 0 Å². The first-order valence-electron chi connectivity index (χ1n) is 8.14. The zero-order chi connectivity index (χ0) is 18.5. The number of amides is 1. The summed E-state index contributed by atoms with van der Waals surface area (Å²) in [6.45, 7) is 0.394. The number of methoxy groups -OCH3 is 2. The van der Waals surface area contributed by atoms with Crippen molar-refractivity contribution in [1.29, 1.82) is 0 Å². The smallest absolute Gasteiger partial charge is 0.344 e. The van der Waals surface area contributed by atoms with E-state index in [1.807, 2.05) is 18.2 Å². The monoisotopic (exact) mass is 353 g/mol. The second-order valence-corrected chi connectivity index (χ2v) is 5.68. The van der Waals surface area contributed by atoms with Crippen molar-refractivity contribution >= 4 is 16.7 Å². The lowest BCUT2D eigenvalue weighted by Gasteiger charge is -2.10. The molecule has 1 N–H and O–H groups in total. The van der Waals surface area contributed by atoms with Gasteiger partial charge in [0.25, 0.3) is 5.91 Å². The lowest BCUT2D eigenvalue weighted by Crippen LogP contribution is -2.26. The van der Waals surface area contributed by atoms with Crippen molar-refractivity contribution in [3.63, 3.8) is 0 Å². The van der Waals surface area contributed by atoms with E-state index in [0.717, 1.165) is 5.56 Å². The number of benzene rings is 2. The molecule has 0 spiro atoms. The van der Waals surface area contributed by atoms with E-state index in [0.29, 0.717) is 35.2 Å². The van der Waals surface area contributed by atoms with Crippen molar-refractivity contribution in [2.45, 2.75) is 6.42 Å². The predicted octanol–water partition coefficient (Wildman–Crippen LogP) is 2.78. The van der Waals surface area contributed by atoms with Crippen LogP contribution in [0.4, 0.5) is 0 Å². The van der Waals surface area contributed by atoms with Gasteiger partial charge in [-0.2, -0.15) is 0 Å². The zero-order valence-electron chi connectivity index (χ0n) is 14.6. The molecular weight excluding hydrogens is 334 g/mol. The van der Waals surface area contributed by atoms with E-state index in [-0.39, 0.29) is 5.76 Å². The molecule has 0 unspecified atom stereocenters. The van der Waals surface area contributed by atoms with Crippen LogP contribution in [0, 0.1) is 0 Å². The summed E-state index contributed by atoms with van der Waals surface area (Å²) in [4.78, 5) is 24.2. The summed E-state index contributed by atoms with van der Waals surface area (Å²) in [7, 11) is 3.15. The van der Waals surface area contributed by atoms with Crippen LogP contribution in [0.15, 0.2) is 57.7 Å². The molecule has 0 atom stereocenters. The van der Waals surface area contributed by atoms with Crippen molar-refractivity contribution in [1.82, 2.24) is 5.32 Å². The molecule has 6 heteroatoms. The number of fused-ring (bicyclic) bond motifs is 1. The molecule has 1 heterocycles. The number of hydrogen-bond acceptors (Lipinski definition) is 5. The second kappa shape index (κ2) is 7.74. The fourth-order valence-electron chi connectivity index (χ4n) is 2.69. The summed E-state index contributed by atoms with van der Waals surface area (Å²) < 4.78 is 15.6. The zero-order valence-corrected chi connectivity index (χ0v) is 14.6. The summed E-state index contributed by atoms with van der Waals surface area (Å²) in [5, 5.41) is 3.89. The Balaban J connectivity index is 1.67. The van der Waals surface area contributed by atoms with E-state index in [4.69, 9.17) is 13.9 Å². The molecule has 6 nitrogen and oxygen atoms in total. The van der Waals surface area contributed by atoms with Crippen LogP contribution in [-0.2, 0) is 6.42 Å². The highest BCUT2D eigenvalue weighted by molar-refractivity contribution is 5.95. The molecule has 26 heavy (non-hydrogen) atoms. The average Bonchev–Trinajstić information content (AvgIpc) is 2.67. The molecule has 1 amide bonds. The van der Waals surface area contributed by atoms with Gasteiger partial charge in [-0.15, -0.1) is 0 Å². The molecule has 0 bridgehead atoms. The van der Waals surface area contributed by atoms with Gasteiger partial charge in [0.1, 0.15) is 0 Å². The van der Waals surface area contributed by atoms with Crippen LogP contribution in [0.25, 0.3) is 10.8 Å². The number of carbonyl (C=O) groups excluding carboxylic acids is 1. The maximum absolute atomic E-state index is 12.3. The van der Waals surface area contributed by atoms with Gasteiger partial charge in [0.15, 0.2) is 17.3 Å². The minimum atomic E-state index is -0.520. The van der Waals surface area contributed by atoms with Crippen molar-refractivity contribution in [2.75, 3.05) is 20.8 Å². The topological polar surface area (TPSA) is 77.8 Å². The van der Waals surface area contributed by atoms with Gasteiger partial charge in [-0.1, -0.05) is 24.3 Å². The fourth-order valence-corrected chi connectivity index (χ4v) is 2.69. The number of carbonyl (C=O) groups is 1. The minimum Gasteiger partial charge on any atom is -0.493 e. The van der Waals surface area contributed by atoms with Crippen molar-refractivity contribution in [3.8, 4) is 11.5 Å². The van der Waals surface area contributed by atoms with Gasteiger partial charge in [0, 0.05) is 6.54 Å². The first kappa shape index (κ1) is 17.5. The van der Waals surface area contributed by atoms with E-state index >= 15 is 0 Å². The molecule has 0 aliphatic rings. The highest BCUT2D eigenvalue weighted by Gasteiger charge is 2.12. The van der Waals surface area contributed by atoms with E-state index < -0.39 is 11.5 Å². The first-order chi connectivity index (χ1) is 12.6. The van der Waals surface area contributed by atoms with Gasteiger partial charge < -0.3 is 19.2 Å². The molecule has 0 saturated carbocycles. The van der Waals surface area contributed by atoms with Gasteiger partial charge in [-0.25, -0.2) is 4.79 Å². The minimum absolute atomic E-state index is 0.000937. The SMILES string of the molecule is COc1ccc(CCNC(=O)c2cc3ccccc3c(=O)o2)cc1OC. The van der Waals surface area contributed by atoms with Crippen LogP contribution in [-0.4, -0.2) is 26.7 Å². The Morgan fingerprint density at radius 3 is 2.58 bits per heavy atom. The molecule has 3 rings (SSSR count). The molecular formula is C20H19NO5. The quantitative estimate of drug-likeness (QED) is 0.737. The summed E-state index contributed by atoms with van der Waals surface area (Å²) >= 11 is 0. The number of hydrogen-bond donors (Lipinski definition) is 1. The van der Waals surface area contributed by atoms with Crippen LogP contribution in [0.2, 0.25) is 0 Å². The summed E-state index contributed by atoms with van der Waals surface area (Å²) in [5.41, 5.74) is 0.469. The highest BCUT2D eigenvalue weighted by Crippen LogP contribution is 2.27. The van der Waals surface area contributed by atoms with Gasteiger partial charge in [0.2, 0.25) is 0 Å². The Morgan fingerprint density at radius 1 is 1.04 bits per heavy atom. The molecule has 134 valence electrons. The third kappa shape index (κ3) is 3.69. The molecule has 0 saturated heterocycles. The van der Waals surface area contributed by atoms with Crippen LogP contribution in [0.5, 0.6) is 11.5 Å². The third-order valence-electron chi connectivity index (χ3n) is 4.04. The maximum Gasteiger partial charge on any atom is 0.344 e. The van der Waals surface area contributed by atoms with Crippen LogP contribution in [0.3, 0.4) is 0 Å². The van der Waals surface area contributed by atoms with Gasteiger partial charge in [-0.05, 0) is 41.6 Å². The molecule has 0 fully saturated rings. The van der Waals surface area contributed by atoms with Gasteiger partial charge in [0.05, 0.1) is 19.6 Å². The largest absolute Gasteiger partial charge is 0.493 e. The van der Waals surface area contributed by atoms with Crippen LogP contribution >= 0.6 is 0 Å². The highest BCUT2D eigenvalue weighted by atomic mass is 16.5. The molecule has 2 aromatic carbocycles. The van der Waals surface area contributed by atoms with E-state index in [1.54, 1.807) is 44.6 Å². The normalized spacial score (nSPS) is 10.5. The maximum atomic E-state index is 12.3. The number of nitrogens with one attached hydrogen (secondary N) is 1. The molecule has 0 radical (unpaired) electrons. The van der Waals surface area contributed by atoms with Crippen molar-refractivity contribution < 1.29 is 18.7 Å². The summed E-state index contributed by atoms with van der Waals surface area (Å²) in [5.74, 6) is 0.865. The Morgan fingerprint density at radius 2 is 1.81 bits per heavy atom. The van der Waals surface area contributed by atoms with Gasteiger partial charge in [-0.3, -0.25) is 4.79 Å². The molecule has 3 aromatic rings. The lowest BCUT2D eigenvalue weighted by atomic mass is 10.1. The Labute approximate surface area is 150 Å². The number of ether oxygens (including phenoxy) is 2. The first-order valence-corrected chi connectivity index (χ1v) is 8.14. The standard InChI is InChI=1S/C20H19NO5/c1-24-16-8-7-13(11-17(16)25-2)9-10-21-19(22)18-12-14-5-3-4-6-15(14)20(23)26-18/h3-8,11-12H,9-10H2,1-2H3,(H,21,22). The van der Waals surface area contributed by atoms with Gasteiger partial charge >= 0.3 is 5.63 Å². The predicted molar refractivity (Wildman–Crippen MR) is 98.1 cm³/mol. The Kier molecular flexibility index (Phi) is 5.22. The Hall–Kier alpha value is -3.28. The summed E-state index contributed by atoms with van der Waals surface area (Å²) in [6, 6.07) is 14.2. The lowest BCUT2D eigenvalue weighted by molar-refractivity contribution is 0.0922. The fraction of sp³-hybridized carbons (Fsp3) is 0.200. The summed E-state index contributed by atoms with van der Waals surface area (Å²) in [6.07, 6.45) is 0.601. The Bertz CT molecular complexity index is 993. The molecule has 0 aliphatic carbocycles. The molecule has 1 aromatic heterocycles. The van der Waals surface area contributed by atoms with E-state index in [2.05, 4.69) is 5.32 Å².